The predicted molar refractivity (Wildman–Crippen MR) is 87.8 cm³/mol. The average molecular weight is 322 g/mol. The Balaban J connectivity index is 1.79. The van der Waals surface area contributed by atoms with Gasteiger partial charge in [-0.2, -0.15) is 0 Å². The molecule has 2 aromatic rings. The molecule has 3 nitrogen and oxygen atoms in total. The fraction of sp³-hybridized carbons (Fsp3) is 0.250. The number of benzene rings is 2. The fourth-order valence-corrected chi connectivity index (χ4v) is 2.85. The third kappa shape index (κ3) is 3.06. The van der Waals surface area contributed by atoms with Crippen molar-refractivity contribution in [2.75, 3.05) is 18.4 Å². The molecule has 1 heterocycles. The van der Waals surface area contributed by atoms with Crippen LogP contribution in [0.3, 0.4) is 0 Å². The minimum absolute atomic E-state index is 0.152. The zero-order valence-corrected chi connectivity index (χ0v) is 13.4. The van der Waals surface area contributed by atoms with Crippen molar-refractivity contribution in [3.8, 4) is 11.5 Å². The molecule has 0 spiro atoms. The summed E-state index contributed by atoms with van der Waals surface area (Å²) in [6, 6.07) is 12.3. The summed E-state index contributed by atoms with van der Waals surface area (Å²) in [5.41, 5.74) is 2.06. The molecule has 0 saturated carbocycles. The molecule has 110 valence electrons. The summed E-state index contributed by atoms with van der Waals surface area (Å²) >= 11 is 8.02. The van der Waals surface area contributed by atoms with Gasteiger partial charge in [0.1, 0.15) is 0 Å². The highest BCUT2D eigenvalue weighted by molar-refractivity contribution is 7.98. The van der Waals surface area contributed by atoms with E-state index in [1.54, 1.807) is 17.8 Å². The predicted octanol–water partition coefficient (Wildman–Crippen LogP) is 4.96. The van der Waals surface area contributed by atoms with Crippen LogP contribution < -0.4 is 14.8 Å². The van der Waals surface area contributed by atoms with Crippen LogP contribution in [0, 0.1) is 0 Å². The summed E-state index contributed by atoms with van der Waals surface area (Å²) in [5, 5.41) is 4.05. The van der Waals surface area contributed by atoms with Gasteiger partial charge >= 0.3 is 0 Å². The van der Waals surface area contributed by atoms with E-state index in [0.29, 0.717) is 10.8 Å². The lowest BCUT2D eigenvalue weighted by atomic mass is 10.1. The lowest BCUT2D eigenvalue weighted by Gasteiger charge is -2.17. The van der Waals surface area contributed by atoms with Crippen LogP contribution in [0.25, 0.3) is 0 Å². The van der Waals surface area contributed by atoms with Crippen molar-refractivity contribution >= 4 is 29.1 Å². The second-order valence-electron chi connectivity index (χ2n) is 4.82. The summed E-state index contributed by atoms with van der Waals surface area (Å²) in [6.45, 7) is 2.36. The Bertz CT molecular complexity index is 645. The lowest BCUT2D eigenvalue weighted by Crippen LogP contribution is -2.06. The number of thioether (sulfide) groups is 1. The molecule has 5 heteroatoms. The largest absolute Gasteiger partial charge is 0.454 e. The highest BCUT2D eigenvalue weighted by Gasteiger charge is 2.17. The first kappa shape index (κ1) is 14.4. The molecule has 1 atom stereocenters. The molecule has 1 aliphatic heterocycles. The summed E-state index contributed by atoms with van der Waals surface area (Å²) in [7, 11) is 0. The van der Waals surface area contributed by atoms with Crippen molar-refractivity contribution < 1.29 is 9.47 Å². The van der Waals surface area contributed by atoms with Crippen molar-refractivity contribution in [1.29, 1.82) is 0 Å². The van der Waals surface area contributed by atoms with Crippen molar-refractivity contribution in [2.24, 2.45) is 0 Å². The van der Waals surface area contributed by atoms with Gasteiger partial charge in [-0.3, -0.25) is 0 Å². The number of rotatable bonds is 4. The Labute approximate surface area is 133 Å². The lowest BCUT2D eigenvalue weighted by molar-refractivity contribution is 0.174. The van der Waals surface area contributed by atoms with Crippen LogP contribution in [-0.4, -0.2) is 13.0 Å². The van der Waals surface area contributed by atoms with Crippen LogP contribution in [0.2, 0.25) is 5.02 Å². The van der Waals surface area contributed by atoms with E-state index in [4.69, 9.17) is 21.1 Å². The van der Waals surface area contributed by atoms with Crippen LogP contribution in [-0.2, 0) is 0 Å². The summed E-state index contributed by atoms with van der Waals surface area (Å²) in [6.07, 6.45) is 2.07. The van der Waals surface area contributed by atoms with Crippen LogP contribution in [0.15, 0.2) is 41.3 Å². The monoisotopic (exact) mass is 321 g/mol. The highest BCUT2D eigenvalue weighted by Crippen LogP contribution is 2.40. The van der Waals surface area contributed by atoms with Crippen LogP contribution in [0.4, 0.5) is 5.69 Å². The Hall–Kier alpha value is -1.52. The summed E-state index contributed by atoms with van der Waals surface area (Å²) < 4.78 is 10.7. The first-order chi connectivity index (χ1) is 10.2. The van der Waals surface area contributed by atoms with Gasteiger partial charge in [-0.15, -0.1) is 11.8 Å². The minimum atomic E-state index is 0.152. The van der Waals surface area contributed by atoms with E-state index in [2.05, 4.69) is 42.8 Å². The fourth-order valence-electron chi connectivity index (χ4n) is 2.24. The molecule has 0 amide bonds. The molecule has 0 radical (unpaired) electrons. The van der Waals surface area contributed by atoms with E-state index in [9.17, 15) is 0 Å². The first-order valence-electron chi connectivity index (χ1n) is 6.67. The van der Waals surface area contributed by atoms with Gasteiger partial charge in [0.05, 0.1) is 10.7 Å². The summed E-state index contributed by atoms with van der Waals surface area (Å²) in [4.78, 5) is 1.26. The van der Waals surface area contributed by atoms with Gasteiger partial charge in [0, 0.05) is 23.1 Å². The molecule has 0 aliphatic carbocycles. The summed E-state index contributed by atoms with van der Waals surface area (Å²) in [5.74, 6) is 1.43. The molecular formula is C16H16ClNO2S. The van der Waals surface area contributed by atoms with Gasteiger partial charge in [-0.25, -0.2) is 0 Å². The van der Waals surface area contributed by atoms with E-state index in [-0.39, 0.29) is 12.8 Å². The topological polar surface area (TPSA) is 30.5 Å². The number of nitrogens with one attached hydrogen (secondary N) is 1. The first-order valence-corrected chi connectivity index (χ1v) is 8.27. The molecule has 3 rings (SSSR count). The number of anilines is 1. The number of halogens is 1. The minimum Gasteiger partial charge on any atom is -0.454 e. The smallest absolute Gasteiger partial charge is 0.231 e. The van der Waals surface area contributed by atoms with Crippen molar-refractivity contribution in [3.63, 3.8) is 0 Å². The molecule has 0 saturated heterocycles. The molecule has 0 bridgehead atoms. The maximum Gasteiger partial charge on any atom is 0.231 e. The second-order valence-corrected chi connectivity index (χ2v) is 6.11. The van der Waals surface area contributed by atoms with Gasteiger partial charge in [0.15, 0.2) is 11.5 Å². The van der Waals surface area contributed by atoms with Gasteiger partial charge in [-0.05, 0) is 30.9 Å². The maximum absolute atomic E-state index is 6.29. The Kier molecular flexibility index (Phi) is 4.17. The molecule has 0 fully saturated rings. The number of ether oxygens (including phenoxy) is 2. The molecule has 0 aromatic heterocycles. The van der Waals surface area contributed by atoms with Crippen LogP contribution in [0.1, 0.15) is 18.5 Å². The normalized spacial score (nSPS) is 14.0. The second kappa shape index (κ2) is 6.08. The van der Waals surface area contributed by atoms with Gasteiger partial charge in [0.2, 0.25) is 6.79 Å². The molecule has 1 unspecified atom stereocenters. The van der Waals surface area contributed by atoms with E-state index in [0.717, 1.165) is 11.4 Å². The van der Waals surface area contributed by atoms with Crippen molar-refractivity contribution in [2.45, 2.75) is 17.9 Å². The van der Waals surface area contributed by atoms with Gasteiger partial charge < -0.3 is 14.8 Å². The Morgan fingerprint density at radius 3 is 2.48 bits per heavy atom. The number of fused-ring (bicyclic) bond motifs is 1. The third-order valence-corrected chi connectivity index (χ3v) is 4.51. The number of hydrogen-bond acceptors (Lipinski definition) is 4. The number of hydrogen-bond donors (Lipinski definition) is 1. The molecule has 1 aliphatic rings. The zero-order valence-electron chi connectivity index (χ0n) is 11.9. The SMILES string of the molecule is CSc1ccc(C(C)Nc2cc3c(cc2Cl)OCO3)cc1. The molecular weight excluding hydrogens is 306 g/mol. The van der Waals surface area contributed by atoms with Crippen molar-refractivity contribution in [3.05, 3.63) is 47.0 Å². The maximum atomic E-state index is 6.29. The quantitative estimate of drug-likeness (QED) is 0.806. The third-order valence-electron chi connectivity index (χ3n) is 3.45. The highest BCUT2D eigenvalue weighted by atomic mass is 35.5. The molecule has 2 aromatic carbocycles. The van der Waals surface area contributed by atoms with Crippen molar-refractivity contribution in [1.82, 2.24) is 0 Å². The van der Waals surface area contributed by atoms with Gasteiger partial charge in [0.25, 0.3) is 0 Å². The van der Waals surface area contributed by atoms with E-state index >= 15 is 0 Å². The molecule has 1 N–H and O–H groups in total. The standard InChI is InChI=1S/C16H16ClNO2S/c1-10(11-3-5-12(21-2)6-4-11)18-14-8-16-15(7-13(14)17)19-9-20-16/h3-8,10,18H,9H2,1-2H3. The van der Waals surface area contributed by atoms with E-state index in [1.165, 1.54) is 10.5 Å². The molecule has 21 heavy (non-hydrogen) atoms. The van der Waals surface area contributed by atoms with Crippen LogP contribution in [0.5, 0.6) is 11.5 Å². The zero-order chi connectivity index (χ0) is 14.8. The van der Waals surface area contributed by atoms with E-state index < -0.39 is 0 Å². The Morgan fingerprint density at radius 2 is 1.81 bits per heavy atom. The average Bonchev–Trinajstić information content (AvgIpc) is 2.94. The van der Waals surface area contributed by atoms with Gasteiger partial charge in [-0.1, -0.05) is 23.7 Å². The van der Waals surface area contributed by atoms with E-state index in [1.807, 2.05) is 6.07 Å². The Morgan fingerprint density at radius 1 is 1.14 bits per heavy atom. The van der Waals surface area contributed by atoms with Crippen LogP contribution >= 0.6 is 23.4 Å².